The van der Waals surface area contributed by atoms with Gasteiger partial charge in [0.1, 0.15) is 11.5 Å². The molecule has 2 aromatic heterocycles. The SMILES string of the molecule is COCCn1c(-c2nc(-c3ccc(F)cc3)cnc2N)nc2ccccc21. The molecule has 7 heteroatoms. The highest BCUT2D eigenvalue weighted by Gasteiger charge is 2.18. The summed E-state index contributed by atoms with van der Waals surface area (Å²) in [5.74, 6) is 0.612. The van der Waals surface area contributed by atoms with Crippen LogP contribution in [0, 0.1) is 5.82 Å². The number of hydrogen-bond acceptors (Lipinski definition) is 5. The predicted octanol–water partition coefficient (Wildman–Crippen LogP) is 3.53. The Hall–Kier alpha value is -3.32. The van der Waals surface area contributed by atoms with E-state index in [-0.39, 0.29) is 11.6 Å². The molecule has 6 nitrogen and oxygen atoms in total. The molecule has 2 N–H and O–H groups in total. The van der Waals surface area contributed by atoms with E-state index in [0.29, 0.717) is 30.4 Å². The zero-order valence-electron chi connectivity index (χ0n) is 14.8. The van der Waals surface area contributed by atoms with Gasteiger partial charge < -0.3 is 15.0 Å². The Balaban J connectivity index is 1.87. The molecule has 0 radical (unpaired) electrons. The van der Waals surface area contributed by atoms with E-state index in [2.05, 4.69) is 9.97 Å². The van der Waals surface area contributed by atoms with Gasteiger partial charge in [0.2, 0.25) is 0 Å². The summed E-state index contributed by atoms with van der Waals surface area (Å²) >= 11 is 0. The molecule has 0 saturated carbocycles. The molecule has 4 rings (SSSR count). The zero-order chi connectivity index (χ0) is 18.8. The fourth-order valence-corrected chi connectivity index (χ4v) is 2.99. The van der Waals surface area contributed by atoms with Crippen LogP contribution in [0.1, 0.15) is 0 Å². The minimum absolute atomic E-state index is 0.287. The van der Waals surface area contributed by atoms with Gasteiger partial charge in [-0.3, -0.25) is 0 Å². The summed E-state index contributed by atoms with van der Waals surface area (Å²) in [6.45, 7) is 1.13. The molecule has 0 aliphatic heterocycles. The largest absolute Gasteiger partial charge is 0.383 e. The molecule has 0 atom stereocenters. The molecule has 0 aliphatic rings. The van der Waals surface area contributed by atoms with E-state index in [9.17, 15) is 4.39 Å². The van der Waals surface area contributed by atoms with E-state index in [1.165, 1.54) is 12.1 Å². The Morgan fingerprint density at radius 1 is 1.07 bits per heavy atom. The highest BCUT2D eigenvalue weighted by molar-refractivity contribution is 5.82. The van der Waals surface area contributed by atoms with Crippen molar-refractivity contribution >= 4 is 16.9 Å². The van der Waals surface area contributed by atoms with E-state index >= 15 is 0 Å². The molecule has 0 amide bonds. The van der Waals surface area contributed by atoms with Crippen LogP contribution < -0.4 is 5.73 Å². The first-order valence-electron chi connectivity index (χ1n) is 8.50. The van der Waals surface area contributed by atoms with Crippen LogP contribution in [-0.2, 0) is 11.3 Å². The molecular formula is C20H18FN5O. The van der Waals surface area contributed by atoms with Gasteiger partial charge >= 0.3 is 0 Å². The smallest absolute Gasteiger partial charge is 0.163 e. The summed E-state index contributed by atoms with van der Waals surface area (Å²) in [7, 11) is 1.65. The molecule has 4 aromatic rings. The van der Waals surface area contributed by atoms with E-state index in [1.54, 1.807) is 25.4 Å². The van der Waals surface area contributed by atoms with Gasteiger partial charge in [0, 0.05) is 19.2 Å². The molecule has 136 valence electrons. The van der Waals surface area contributed by atoms with E-state index in [0.717, 1.165) is 16.6 Å². The van der Waals surface area contributed by atoms with Gasteiger partial charge in [0.15, 0.2) is 11.6 Å². The van der Waals surface area contributed by atoms with Crippen LogP contribution >= 0.6 is 0 Å². The number of nitrogens with zero attached hydrogens (tertiary/aromatic N) is 4. The number of rotatable bonds is 5. The lowest BCUT2D eigenvalue weighted by Gasteiger charge is -2.11. The Bertz CT molecular complexity index is 1090. The number of aromatic nitrogens is 4. The van der Waals surface area contributed by atoms with Crippen molar-refractivity contribution in [2.75, 3.05) is 19.5 Å². The Morgan fingerprint density at radius 2 is 1.85 bits per heavy atom. The number of benzene rings is 2. The monoisotopic (exact) mass is 363 g/mol. The van der Waals surface area contributed by atoms with Crippen molar-refractivity contribution in [3.8, 4) is 22.8 Å². The van der Waals surface area contributed by atoms with Crippen molar-refractivity contribution in [3.05, 3.63) is 60.5 Å². The first-order chi connectivity index (χ1) is 13.2. The fraction of sp³-hybridized carbons (Fsp3) is 0.150. The predicted molar refractivity (Wildman–Crippen MR) is 102 cm³/mol. The summed E-state index contributed by atoms with van der Waals surface area (Å²) in [5, 5.41) is 0. The van der Waals surface area contributed by atoms with E-state index in [1.807, 2.05) is 28.8 Å². The van der Waals surface area contributed by atoms with Gasteiger partial charge in [0.05, 0.1) is 29.5 Å². The third-order valence-electron chi connectivity index (χ3n) is 4.33. The van der Waals surface area contributed by atoms with Crippen LogP contribution in [0.2, 0.25) is 0 Å². The van der Waals surface area contributed by atoms with Crippen molar-refractivity contribution in [1.82, 2.24) is 19.5 Å². The van der Waals surface area contributed by atoms with Crippen LogP contribution in [0.15, 0.2) is 54.7 Å². The number of nitrogens with two attached hydrogens (primary N) is 1. The number of methoxy groups -OCH3 is 1. The van der Waals surface area contributed by atoms with Crippen molar-refractivity contribution < 1.29 is 9.13 Å². The number of imidazole rings is 1. The van der Waals surface area contributed by atoms with Crippen molar-refractivity contribution in [3.63, 3.8) is 0 Å². The maximum atomic E-state index is 13.2. The van der Waals surface area contributed by atoms with Gasteiger partial charge in [-0.2, -0.15) is 0 Å². The maximum absolute atomic E-state index is 13.2. The lowest BCUT2D eigenvalue weighted by Crippen LogP contribution is -2.08. The van der Waals surface area contributed by atoms with Gasteiger partial charge in [-0.15, -0.1) is 0 Å². The number of nitrogen functional groups attached to an aromatic ring is 1. The summed E-state index contributed by atoms with van der Waals surface area (Å²) < 4.78 is 20.5. The van der Waals surface area contributed by atoms with Gasteiger partial charge in [-0.25, -0.2) is 19.3 Å². The standard InChI is InChI=1S/C20H18FN5O/c1-27-11-10-26-17-5-3-2-4-15(17)25-20(26)18-19(22)23-12-16(24-18)13-6-8-14(21)9-7-13/h2-9,12H,10-11H2,1H3,(H2,22,23). The first-order valence-corrected chi connectivity index (χ1v) is 8.50. The average molecular weight is 363 g/mol. The van der Waals surface area contributed by atoms with Crippen molar-refractivity contribution in [2.24, 2.45) is 0 Å². The second-order valence-corrected chi connectivity index (χ2v) is 6.06. The number of anilines is 1. The molecular weight excluding hydrogens is 345 g/mol. The number of halogens is 1. The van der Waals surface area contributed by atoms with Gasteiger partial charge in [-0.1, -0.05) is 12.1 Å². The molecule has 0 fully saturated rings. The third kappa shape index (κ3) is 3.24. The molecule has 0 bridgehead atoms. The average Bonchev–Trinajstić information content (AvgIpc) is 3.06. The normalized spacial score (nSPS) is 11.2. The zero-order valence-corrected chi connectivity index (χ0v) is 14.8. The van der Waals surface area contributed by atoms with Crippen molar-refractivity contribution in [2.45, 2.75) is 6.54 Å². The summed E-state index contributed by atoms with van der Waals surface area (Å²) in [4.78, 5) is 13.7. The minimum atomic E-state index is -0.302. The molecule has 0 aliphatic carbocycles. The number of ether oxygens (including phenoxy) is 1. The lowest BCUT2D eigenvalue weighted by atomic mass is 10.1. The minimum Gasteiger partial charge on any atom is -0.383 e. The van der Waals surface area contributed by atoms with Gasteiger partial charge in [-0.05, 0) is 36.4 Å². The number of fused-ring (bicyclic) bond motifs is 1. The highest BCUT2D eigenvalue weighted by Crippen LogP contribution is 2.28. The second-order valence-electron chi connectivity index (χ2n) is 6.06. The van der Waals surface area contributed by atoms with E-state index < -0.39 is 0 Å². The maximum Gasteiger partial charge on any atom is 0.163 e. The summed E-state index contributed by atoms with van der Waals surface area (Å²) in [5.41, 5.74) is 9.79. The first kappa shape index (κ1) is 17.1. The lowest BCUT2D eigenvalue weighted by molar-refractivity contribution is 0.188. The topological polar surface area (TPSA) is 78.8 Å². The molecule has 0 spiro atoms. The summed E-state index contributed by atoms with van der Waals surface area (Å²) in [6.07, 6.45) is 1.58. The molecule has 2 aromatic carbocycles. The van der Waals surface area contributed by atoms with E-state index in [4.69, 9.17) is 15.5 Å². The van der Waals surface area contributed by atoms with Crippen LogP contribution in [0.5, 0.6) is 0 Å². The second kappa shape index (κ2) is 7.13. The Morgan fingerprint density at radius 3 is 2.63 bits per heavy atom. The number of para-hydroxylation sites is 2. The Kier molecular flexibility index (Phi) is 4.52. The quantitative estimate of drug-likeness (QED) is 0.587. The van der Waals surface area contributed by atoms with Crippen LogP contribution in [0.25, 0.3) is 33.8 Å². The fourth-order valence-electron chi connectivity index (χ4n) is 2.99. The van der Waals surface area contributed by atoms with Gasteiger partial charge in [0.25, 0.3) is 0 Å². The molecule has 27 heavy (non-hydrogen) atoms. The third-order valence-corrected chi connectivity index (χ3v) is 4.33. The highest BCUT2D eigenvalue weighted by atomic mass is 19.1. The Labute approximate surface area is 155 Å². The van der Waals surface area contributed by atoms with Crippen molar-refractivity contribution in [1.29, 1.82) is 0 Å². The van der Waals surface area contributed by atoms with Crippen LogP contribution in [0.4, 0.5) is 10.2 Å². The number of hydrogen-bond donors (Lipinski definition) is 1. The van der Waals surface area contributed by atoms with Crippen LogP contribution in [-0.4, -0.2) is 33.2 Å². The summed E-state index contributed by atoms with van der Waals surface area (Å²) in [6, 6.07) is 13.9. The van der Waals surface area contributed by atoms with Crippen LogP contribution in [0.3, 0.4) is 0 Å². The molecule has 0 saturated heterocycles. The molecule has 2 heterocycles. The molecule has 0 unspecified atom stereocenters.